The van der Waals surface area contributed by atoms with Gasteiger partial charge in [-0.2, -0.15) is 15.5 Å². The number of carbonyl (C=O) groups excluding carboxylic acids is 1. The van der Waals surface area contributed by atoms with Gasteiger partial charge in [-0.1, -0.05) is 39.3 Å². The molecule has 0 saturated heterocycles. The average Bonchev–Trinajstić information content (AvgIpc) is 2.64. The van der Waals surface area contributed by atoms with Gasteiger partial charge >= 0.3 is 0 Å². The van der Waals surface area contributed by atoms with Crippen molar-refractivity contribution in [3.8, 4) is 11.8 Å². The van der Waals surface area contributed by atoms with E-state index in [4.69, 9.17) is 21.6 Å². The van der Waals surface area contributed by atoms with Crippen LogP contribution in [0.25, 0.3) is 0 Å². The number of nitriles is 1. The van der Waals surface area contributed by atoms with Crippen LogP contribution in [0.3, 0.4) is 0 Å². The maximum absolute atomic E-state index is 12.5. The number of nitrogens with one attached hydrogen (secondary N) is 1. The summed E-state index contributed by atoms with van der Waals surface area (Å²) in [4.78, 5) is 12.5. The van der Waals surface area contributed by atoms with Gasteiger partial charge in [-0.3, -0.25) is 4.79 Å². The molecule has 1 aromatic rings. The van der Waals surface area contributed by atoms with Gasteiger partial charge < -0.3 is 10.1 Å². The van der Waals surface area contributed by atoms with E-state index in [0.29, 0.717) is 28.6 Å². The first-order valence-electron chi connectivity index (χ1n) is 8.92. The zero-order valence-electron chi connectivity index (χ0n) is 15.9. The predicted octanol–water partition coefficient (Wildman–Crippen LogP) is 4.25. The molecule has 0 atom stereocenters. The molecule has 27 heavy (non-hydrogen) atoms. The maximum atomic E-state index is 12.5. The lowest BCUT2D eigenvalue weighted by atomic mass is 9.49. The Kier molecular flexibility index (Phi) is 5.00. The fourth-order valence-corrected chi connectivity index (χ4v) is 4.58. The van der Waals surface area contributed by atoms with Gasteiger partial charge in [0.15, 0.2) is 0 Å². The number of azo groups is 1. The zero-order chi connectivity index (χ0) is 19.8. The molecule has 0 aromatic heterocycles. The number of benzene rings is 1. The topological polar surface area (TPSA) is 86.8 Å². The van der Waals surface area contributed by atoms with Crippen molar-refractivity contribution in [2.45, 2.75) is 46.3 Å². The lowest BCUT2D eigenvalue weighted by molar-refractivity contribution is -0.172. The van der Waals surface area contributed by atoms with Gasteiger partial charge in [0.2, 0.25) is 0 Å². The molecular formula is C20H23ClN4O2. The maximum Gasteiger partial charge on any atom is 0.271 e. The quantitative estimate of drug-likeness (QED) is 0.839. The van der Waals surface area contributed by atoms with Crippen LogP contribution in [0.15, 0.2) is 40.2 Å². The van der Waals surface area contributed by atoms with E-state index < -0.39 is 0 Å². The minimum absolute atomic E-state index is 0.0885. The highest BCUT2D eigenvalue weighted by molar-refractivity contribution is 6.31. The van der Waals surface area contributed by atoms with Crippen LogP contribution in [-0.4, -0.2) is 24.6 Å². The van der Waals surface area contributed by atoms with Crippen LogP contribution < -0.4 is 10.1 Å². The lowest BCUT2D eigenvalue weighted by Crippen LogP contribution is -2.74. The van der Waals surface area contributed by atoms with Crippen LogP contribution >= 0.6 is 11.6 Å². The second-order valence-corrected chi connectivity index (χ2v) is 8.55. The Bertz CT molecular complexity index is 851. The monoisotopic (exact) mass is 386 g/mol. The van der Waals surface area contributed by atoms with Gasteiger partial charge in [0, 0.05) is 22.9 Å². The normalized spacial score (nSPS) is 25.0. The number of rotatable bonds is 4. The summed E-state index contributed by atoms with van der Waals surface area (Å²) in [6.45, 7) is 8.89. The SMILES string of the molecule is CC1(C)C(NC(=O)C2=CCCN=N2)C(C)(C)C1Oc1ccc(C#N)c(Cl)c1. The van der Waals surface area contributed by atoms with E-state index in [0.717, 1.165) is 6.42 Å². The van der Waals surface area contributed by atoms with Crippen molar-refractivity contribution in [3.05, 3.63) is 40.6 Å². The zero-order valence-corrected chi connectivity index (χ0v) is 16.7. The molecule has 0 spiro atoms. The number of ether oxygens (including phenoxy) is 1. The van der Waals surface area contributed by atoms with Crippen LogP contribution in [0.5, 0.6) is 5.75 Å². The molecular weight excluding hydrogens is 364 g/mol. The molecule has 1 aliphatic carbocycles. The summed E-state index contributed by atoms with van der Waals surface area (Å²) in [7, 11) is 0. The molecule has 1 heterocycles. The molecule has 0 bridgehead atoms. The molecule has 1 fully saturated rings. The lowest BCUT2D eigenvalue weighted by Gasteiger charge is -2.63. The molecule has 3 rings (SSSR count). The van der Waals surface area contributed by atoms with Crippen LogP contribution in [0.1, 0.15) is 39.7 Å². The summed E-state index contributed by atoms with van der Waals surface area (Å²) >= 11 is 6.11. The van der Waals surface area contributed by atoms with Crippen LogP contribution in [0.2, 0.25) is 5.02 Å². The predicted molar refractivity (Wildman–Crippen MR) is 102 cm³/mol. The molecule has 0 radical (unpaired) electrons. The minimum Gasteiger partial charge on any atom is -0.489 e. The largest absolute Gasteiger partial charge is 0.489 e. The van der Waals surface area contributed by atoms with E-state index >= 15 is 0 Å². The van der Waals surface area contributed by atoms with E-state index in [1.165, 1.54) is 0 Å². The molecule has 6 nitrogen and oxygen atoms in total. The second-order valence-electron chi connectivity index (χ2n) is 8.14. The Morgan fingerprint density at radius 2 is 2.04 bits per heavy atom. The van der Waals surface area contributed by atoms with Crippen molar-refractivity contribution in [1.82, 2.24) is 5.32 Å². The van der Waals surface area contributed by atoms with Crippen molar-refractivity contribution in [2.24, 2.45) is 21.1 Å². The van der Waals surface area contributed by atoms with Gasteiger partial charge in [-0.15, -0.1) is 0 Å². The molecule has 1 saturated carbocycles. The van der Waals surface area contributed by atoms with E-state index in [1.807, 2.05) is 12.1 Å². The molecule has 1 N–H and O–H groups in total. The highest BCUT2D eigenvalue weighted by Gasteiger charge is 2.64. The van der Waals surface area contributed by atoms with Gasteiger partial charge in [-0.05, 0) is 24.6 Å². The fraction of sp³-hybridized carbons (Fsp3) is 0.500. The van der Waals surface area contributed by atoms with Crippen molar-refractivity contribution in [1.29, 1.82) is 5.26 Å². The molecule has 1 aliphatic heterocycles. The smallest absolute Gasteiger partial charge is 0.271 e. The number of carbonyl (C=O) groups is 1. The standard InChI is InChI=1S/C20H23ClN4O2/c1-19(2)17(24-16(26)15-6-5-9-23-25-15)20(3,4)18(19)27-13-8-7-12(11-22)14(21)10-13/h6-8,10,17-18H,5,9H2,1-4H3,(H,24,26). The van der Waals surface area contributed by atoms with Crippen molar-refractivity contribution in [2.75, 3.05) is 6.54 Å². The number of hydrogen-bond acceptors (Lipinski definition) is 5. The Morgan fingerprint density at radius 1 is 1.33 bits per heavy atom. The third-order valence-corrected chi connectivity index (χ3v) is 5.72. The summed E-state index contributed by atoms with van der Waals surface area (Å²) in [5.74, 6) is 0.406. The molecule has 1 amide bonds. The molecule has 2 aliphatic rings. The van der Waals surface area contributed by atoms with E-state index in [2.05, 4.69) is 43.2 Å². The first-order chi connectivity index (χ1) is 12.7. The number of hydrogen-bond donors (Lipinski definition) is 1. The minimum atomic E-state index is -0.300. The van der Waals surface area contributed by atoms with E-state index in [1.54, 1.807) is 18.2 Å². The first-order valence-corrected chi connectivity index (χ1v) is 9.30. The van der Waals surface area contributed by atoms with Crippen molar-refractivity contribution >= 4 is 17.5 Å². The van der Waals surface area contributed by atoms with Crippen LogP contribution in [0.4, 0.5) is 0 Å². The summed E-state index contributed by atoms with van der Waals surface area (Å²) in [6, 6.07) is 7.00. The molecule has 142 valence electrons. The van der Waals surface area contributed by atoms with Crippen LogP contribution in [0, 0.1) is 22.2 Å². The van der Waals surface area contributed by atoms with Crippen molar-refractivity contribution in [3.63, 3.8) is 0 Å². The van der Waals surface area contributed by atoms with Gasteiger partial charge in [0.05, 0.1) is 17.1 Å². The molecule has 1 aromatic carbocycles. The Labute approximate surface area is 164 Å². The fourth-order valence-electron chi connectivity index (χ4n) is 4.36. The van der Waals surface area contributed by atoms with Gasteiger partial charge in [0.1, 0.15) is 23.6 Å². The third kappa shape index (κ3) is 3.44. The third-order valence-electron chi connectivity index (χ3n) is 5.41. The second kappa shape index (κ2) is 6.97. The summed E-state index contributed by atoms with van der Waals surface area (Å²) < 4.78 is 6.22. The highest BCUT2D eigenvalue weighted by Crippen LogP contribution is 2.55. The first kappa shape index (κ1) is 19.4. The molecule has 7 heteroatoms. The summed E-state index contributed by atoms with van der Waals surface area (Å²) in [5.41, 5.74) is 0.185. The highest BCUT2D eigenvalue weighted by atomic mass is 35.5. The van der Waals surface area contributed by atoms with Gasteiger partial charge in [-0.25, -0.2) is 0 Å². The van der Waals surface area contributed by atoms with E-state index in [9.17, 15) is 4.79 Å². The number of halogens is 1. The molecule has 0 unspecified atom stereocenters. The van der Waals surface area contributed by atoms with E-state index in [-0.39, 0.29) is 28.9 Å². The Morgan fingerprint density at radius 3 is 2.59 bits per heavy atom. The summed E-state index contributed by atoms with van der Waals surface area (Å²) in [6.07, 6.45) is 2.41. The Balaban J connectivity index is 1.75. The van der Waals surface area contributed by atoms with Gasteiger partial charge in [0.25, 0.3) is 5.91 Å². The number of amides is 1. The van der Waals surface area contributed by atoms with Crippen LogP contribution in [-0.2, 0) is 4.79 Å². The Hall–Kier alpha value is -2.39. The number of nitrogens with zero attached hydrogens (tertiary/aromatic N) is 3. The summed E-state index contributed by atoms with van der Waals surface area (Å²) in [5, 5.41) is 20.4. The average molecular weight is 387 g/mol. The van der Waals surface area contributed by atoms with Crippen molar-refractivity contribution < 1.29 is 9.53 Å².